The molecule has 124 valence electrons. The summed E-state index contributed by atoms with van der Waals surface area (Å²) in [5.41, 5.74) is -0.367. The second-order valence-electron chi connectivity index (χ2n) is 4.46. The Bertz CT molecular complexity index is 811. The van der Waals surface area contributed by atoms with E-state index in [-0.39, 0.29) is 22.1 Å². The van der Waals surface area contributed by atoms with Crippen LogP contribution in [0.4, 0.5) is 11.4 Å². The van der Waals surface area contributed by atoms with Gasteiger partial charge in [0.15, 0.2) is 12.8 Å². The average Bonchev–Trinajstić information content (AvgIpc) is 2.54. The van der Waals surface area contributed by atoms with Crippen molar-refractivity contribution in [1.29, 1.82) is 0 Å². The number of carbonyl (C=O) groups is 2. The highest BCUT2D eigenvalue weighted by atomic mass is 35.5. The lowest BCUT2D eigenvalue weighted by atomic mass is 10.3. The summed E-state index contributed by atoms with van der Waals surface area (Å²) >= 11 is 5.83. The number of anilines is 1. The van der Waals surface area contributed by atoms with Crippen molar-refractivity contribution in [2.75, 3.05) is 11.9 Å². The van der Waals surface area contributed by atoms with E-state index in [1.807, 2.05) is 0 Å². The second kappa shape index (κ2) is 7.38. The fourth-order valence-corrected chi connectivity index (χ4v) is 1.92. The first-order valence-electron chi connectivity index (χ1n) is 6.47. The Hall–Kier alpha value is -3.20. The minimum Gasteiger partial charge on any atom is -0.618 e. The Morgan fingerprint density at radius 1 is 1.29 bits per heavy atom. The Kier molecular flexibility index (Phi) is 5.27. The summed E-state index contributed by atoms with van der Waals surface area (Å²) in [5.74, 6) is -1.68. The molecular formula is C14H10ClN3O6. The van der Waals surface area contributed by atoms with Gasteiger partial charge < -0.3 is 15.3 Å². The summed E-state index contributed by atoms with van der Waals surface area (Å²) in [6, 6.07) is 7.66. The zero-order chi connectivity index (χ0) is 17.7. The number of hydrogen-bond acceptors (Lipinski definition) is 6. The summed E-state index contributed by atoms with van der Waals surface area (Å²) in [6.07, 6.45) is 1.12. The lowest BCUT2D eigenvalue weighted by Gasteiger charge is -2.08. The van der Waals surface area contributed by atoms with Gasteiger partial charge in [-0.05, 0) is 12.1 Å². The third-order valence-corrected chi connectivity index (χ3v) is 3.12. The maximum Gasteiger partial charge on any atom is 0.405 e. The highest BCUT2D eigenvalue weighted by molar-refractivity contribution is 6.34. The van der Waals surface area contributed by atoms with Crippen LogP contribution in [0.2, 0.25) is 5.02 Å². The third kappa shape index (κ3) is 4.17. The highest BCUT2D eigenvalue weighted by Crippen LogP contribution is 2.26. The molecule has 2 aromatic rings. The summed E-state index contributed by atoms with van der Waals surface area (Å²) in [7, 11) is 0. The molecule has 0 saturated carbocycles. The van der Waals surface area contributed by atoms with Gasteiger partial charge in [-0.25, -0.2) is 4.79 Å². The largest absolute Gasteiger partial charge is 0.618 e. The number of benzene rings is 1. The van der Waals surface area contributed by atoms with Crippen molar-refractivity contribution < 1.29 is 24.0 Å². The number of hydrogen-bond donors (Lipinski definition) is 1. The topological polar surface area (TPSA) is 125 Å². The fraction of sp³-hybridized carbons (Fsp3) is 0.0714. The van der Waals surface area contributed by atoms with Gasteiger partial charge in [-0.15, -0.1) is 0 Å². The van der Waals surface area contributed by atoms with Crippen molar-refractivity contribution in [1.82, 2.24) is 0 Å². The third-order valence-electron chi connectivity index (χ3n) is 2.81. The van der Waals surface area contributed by atoms with Crippen LogP contribution >= 0.6 is 11.6 Å². The van der Waals surface area contributed by atoms with Crippen LogP contribution < -0.4 is 10.0 Å². The molecule has 24 heavy (non-hydrogen) atoms. The number of nitro groups is 1. The molecule has 0 spiro atoms. The normalized spacial score (nSPS) is 10.0. The van der Waals surface area contributed by atoms with E-state index >= 15 is 0 Å². The number of rotatable bonds is 5. The first-order chi connectivity index (χ1) is 11.4. The first kappa shape index (κ1) is 17.2. The SMILES string of the molecule is O=C(COC(=O)c1cccc[n+]1[O-])Nc1ccc([N+](=O)[O-])cc1Cl. The van der Waals surface area contributed by atoms with Crippen molar-refractivity contribution in [3.63, 3.8) is 0 Å². The summed E-state index contributed by atoms with van der Waals surface area (Å²) in [5, 5.41) is 24.3. The van der Waals surface area contributed by atoms with E-state index in [1.54, 1.807) is 0 Å². The number of ether oxygens (including phenoxy) is 1. The Labute approximate surface area is 140 Å². The molecule has 0 aliphatic heterocycles. The smallest absolute Gasteiger partial charge is 0.405 e. The Morgan fingerprint density at radius 2 is 2.04 bits per heavy atom. The van der Waals surface area contributed by atoms with Crippen LogP contribution in [-0.4, -0.2) is 23.4 Å². The van der Waals surface area contributed by atoms with Crippen LogP contribution in [0.3, 0.4) is 0 Å². The number of non-ortho nitro benzene ring substituents is 1. The van der Waals surface area contributed by atoms with Gasteiger partial charge in [0, 0.05) is 24.3 Å². The summed E-state index contributed by atoms with van der Waals surface area (Å²) < 4.78 is 5.03. The molecule has 9 nitrogen and oxygen atoms in total. The first-order valence-corrected chi connectivity index (χ1v) is 6.85. The van der Waals surface area contributed by atoms with Gasteiger partial charge in [0.25, 0.3) is 11.6 Å². The Balaban J connectivity index is 1.95. The maximum atomic E-state index is 11.7. The minimum atomic E-state index is -0.962. The van der Waals surface area contributed by atoms with Gasteiger partial charge in [-0.3, -0.25) is 14.9 Å². The molecule has 1 heterocycles. The van der Waals surface area contributed by atoms with Crippen molar-refractivity contribution in [2.45, 2.75) is 0 Å². The molecule has 0 atom stereocenters. The quantitative estimate of drug-likeness (QED) is 0.287. The number of nitrogens with one attached hydrogen (secondary N) is 1. The maximum absolute atomic E-state index is 11.7. The molecule has 2 rings (SSSR count). The molecule has 0 aliphatic rings. The van der Waals surface area contributed by atoms with E-state index in [1.165, 1.54) is 24.3 Å². The molecule has 1 N–H and O–H groups in total. The number of nitrogens with zero attached hydrogens (tertiary/aromatic N) is 2. The van der Waals surface area contributed by atoms with E-state index in [2.05, 4.69) is 5.32 Å². The van der Waals surface area contributed by atoms with E-state index in [0.29, 0.717) is 4.73 Å². The zero-order valence-electron chi connectivity index (χ0n) is 12.0. The number of carbonyl (C=O) groups excluding carboxylic acids is 2. The van der Waals surface area contributed by atoms with Crippen molar-refractivity contribution in [3.05, 3.63) is 68.6 Å². The Morgan fingerprint density at radius 3 is 2.67 bits per heavy atom. The van der Waals surface area contributed by atoms with Gasteiger partial charge in [0.2, 0.25) is 0 Å². The zero-order valence-corrected chi connectivity index (χ0v) is 12.7. The molecule has 10 heteroatoms. The monoisotopic (exact) mass is 351 g/mol. The standard InChI is InChI=1S/C14H10ClN3O6/c15-10-7-9(18(22)23)4-5-11(10)16-13(19)8-24-14(20)12-3-1-2-6-17(12)21/h1-7H,8H2,(H,16,19). The number of aromatic nitrogens is 1. The summed E-state index contributed by atoms with van der Waals surface area (Å²) in [6.45, 7) is -0.652. The van der Waals surface area contributed by atoms with Gasteiger partial charge in [0.05, 0.1) is 15.6 Å². The van der Waals surface area contributed by atoms with Crippen LogP contribution in [0.25, 0.3) is 0 Å². The molecular weight excluding hydrogens is 342 g/mol. The summed E-state index contributed by atoms with van der Waals surface area (Å²) in [4.78, 5) is 33.4. The molecule has 0 aliphatic carbocycles. The second-order valence-corrected chi connectivity index (χ2v) is 4.86. The van der Waals surface area contributed by atoms with Crippen molar-refractivity contribution in [3.8, 4) is 0 Å². The van der Waals surface area contributed by atoms with E-state index in [9.17, 15) is 24.9 Å². The van der Waals surface area contributed by atoms with Crippen LogP contribution in [0.1, 0.15) is 10.5 Å². The highest BCUT2D eigenvalue weighted by Gasteiger charge is 2.18. The molecule has 0 fully saturated rings. The van der Waals surface area contributed by atoms with Crippen molar-refractivity contribution >= 4 is 34.9 Å². The molecule has 1 amide bonds. The number of halogens is 1. The number of pyridine rings is 1. The molecule has 1 aromatic carbocycles. The van der Waals surface area contributed by atoms with Crippen molar-refractivity contribution in [2.24, 2.45) is 0 Å². The van der Waals surface area contributed by atoms with Gasteiger partial charge in [0.1, 0.15) is 0 Å². The predicted molar refractivity (Wildman–Crippen MR) is 82.4 cm³/mol. The van der Waals surface area contributed by atoms with Gasteiger partial charge in [-0.1, -0.05) is 11.6 Å². The molecule has 0 radical (unpaired) electrons. The van der Waals surface area contributed by atoms with Gasteiger partial charge >= 0.3 is 11.7 Å². The molecule has 0 bridgehead atoms. The van der Waals surface area contributed by atoms with E-state index in [0.717, 1.165) is 18.3 Å². The lowest BCUT2D eigenvalue weighted by Crippen LogP contribution is -2.35. The van der Waals surface area contributed by atoms with Crippen LogP contribution in [0.15, 0.2) is 42.6 Å². The number of amides is 1. The average molecular weight is 352 g/mol. The molecule has 0 saturated heterocycles. The predicted octanol–water partition coefficient (Wildman–Crippen LogP) is 1.68. The lowest BCUT2D eigenvalue weighted by molar-refractivity contribution is -0.608. The van der Waals surface area contributed by atoms with E-state index in [4.69, 9.17) is 16.3 Å². The van der Waals surface area contributed by atoms with E-state index < -0.39 is 23.4 Å². The van der Waals surface area contributed by atoms with Gasteiger partial charge in [-0.2, -0.15) is 4.73 Å². The minimum absolute atomic E-state index is 0.0377. The van der Waals surface area contributed by atoms with Crippen LogP contribution in [0, 0.1) is 15.3 Å². The number of esters is 1. The number of nitro benzene ring substituents is 1. The van der Waals surface area contributed by atoms with Crippen LogP contribution in [0.5, 0.6) is 0 Å². The fourth-order valence-electron chi connectivity index (χ4n) is 1.70. The molecule has 1 aromatic heterocycles. The molecule has 0 unspecified atom stereocenters. The van der Waals surface area contributed by atoms with Crippen LogP contribution in [-0.2, 0) is 9.53 Å².